The number of carbonyl (C=O) groups is 1. The highest BCUT2D eigenvalue weighted by Gasteiger charge is 2.32. The van der Waals surface area contributed by atoms with Crippen LogP contribution in [0.25, 0.3) is 10.9 Å². The summed E-state index contributed by atoms with van der Waals surface area (Å²) in [7, 11) is 2.10. The third-order valence-electron chi connectivity index (χ3n) is 6.05. The van der Waals surface area contributed by atoms with Gasteiger partial charge in [0.15, 0.2) is 0 Å². The Hall–Kier alpha value is -2.64. The van der Waals surface area contributed by atoms with Crippen molar-refractivity contribution in [3.63, 3.8) is 0 Å². The molecule has 2 saturated heterocycles. The number of anilines is 1. The van der Waals surface area contributed by atoms with Crippen molar-refractivity contribution in [1.29, 1.82) is 5.26 Å². The number of ether oxygens (including phenoxy) is 1. The molecule has 1 aromatic heterocycles. The standard InChI is InChI=1S/C21H25BrN6O3/c1-26-8-2-3-16(26)13-31-20-24-18-11-14(22)4-5-17(18)19(25-20)27-9-10-28(21(29)30)15(12-27)6-7-23/h4-5,11,15-16H,2-3,6,8-10,12-13H2,1H3,(H,29,30)/t15?,16-/m0/s1. The number of nitrogens with zero attached hydrogens (tertiary/aromatic N) is 6. The van der Waals surface area contributed by atoms with Crippen molar-refractivity contribution >= 4 is 38.7 Å². The lowest BCUT2D eigenvalue weighted by Crippen LogP contribution is -2.55. The van der Waals surface area contributed by atoms with Crippen LogP contribution in [-0.2, 0) is 0 Å². The number of amides is 1. The van der Waals surface area contributed by atoms with Gasteiger partial charge in [-0.15, -0.1) is 0 Å². The highest BCUT2D eigenvalue weighted by Crippen LogP contribution is 2.30. The monoisotopic (exact) mass is 488 g/mol. The van der Waals surface area contributed by atoms with E-state index in [2.05, 4.69) is 38.9 Å². The molecule has 0 radical (unpaired) electrons. The molecule has 2 aliphatic rings. The number of hydrogen-bond donors (Lipinski definition) is 1. The molecule has 2 fully saturated rings. The molecule has 4 rings (SSSR count). The van der Waals surface area contributed by atoms with E-state index >= 15 is 0 Å². The van der Waals surface area contributed by atoms with Crippen molar-refractivity contribution < 1.29 is 14.6 Å². The lowest BCUT2D eigenvalue weighted by molar-refractivity contribution is 0.119. The van der Waals surface area contributed by atoms with Gasteiger partial charge >= 0.3 is 12.1 Å². The number of fused-ring (bicyclic) bond motifs is 1. The molecule has 0 saturated carbocycles. The van der Waals surface area contributed by atoms with Gasteiger partial charge in [-0.05, 0) is 44.6 Å². The number of nitriles is 1. The molecule has 164 valence electrons. The number of carboxylic acid groups (broad SMARTS) is 1. The number of aromatic nitrogens is 2. The summed E-state index contributed by atoms with van der Waals surface area (Å²) in [6.07, 6.45) is 1.39. The van der Waals surface area contributed by atoms with Crippen LogP contribution in [-0.4, -0.2) is 82.9 Å². The van der Waals surface area contributed by atoms with Gasteiger partial charge in [-0.25, -0.2) is 4.79 Å². The average Bonchev–Trinajstić information content (AvgIpc) is 3.16. The first kappa shape index (κ1) is 21.6. The Morgan fingerprint density at radius 1 is 1.32 bits per heavy atom. The molecule has 0 aliphatic carbocycles. The Morgan fingerprint density at radius 3 is 2.87 bits per heavy atom. The van der Waals surface area contributed by atoms with Gasteiger partial charge in [0.1, 0.15) is 12.4 Å². The molecular weight excluding hydrogens is 464 g/mol. The van der Waals surface area contributed by atoms with Crippen LogP contribution in [0.2, 0.25) is 0 Å². The van der Waals surface area contributed by atoms with E-state index < -0.39 is 12.1 Å². The van der Waals surface area contributed by atoms with E-state index in [1.807, 2.05) is 23.1 Å². The molecule has 2 atom stereocenters. The maximum absolute atomic E-state index is 11.6. The fourth-order valence-corrected chi connectivity index (χ4v) is 4.66. The summed E-state index contributed by atoms with van der Waals surface area (Å²) >= 11 is 3.50. The molecule has 1 aromatic carbocycles. The summed E-state index contributed by atoms with van der Waals surface area (Å²) in [6.45, 7) is 2.79. The zero-order valence-electron chi connectivity index (χ0n) is 17.4. The fourth-order valence-electron chi connectivity index (χ4n) is 4.31. The Kier molecular flexibility index (Phi) is 6.43. The molecule has 1 unspecified atom stereocenters. The van der Waals surface area contributed by atoms with E-state index in [1.54, 1.807) is 0 Å². The van der Waals surface area contributed by atoms with E-state index in [1.165, 1.54) is 4.90 Å². The second kappa shape index (κ2) is 9.24. The number of likely N-dealkylation sites (N-methyl/N-ethyl adjacent to an activating group) is 1. The molecule has 9 nitrogen and oxygen atoms in total. The SMILES string of the molecule is CN1CCC[C@H]1COc1nc(N2CCN(C(=O)O)C(CC#N)C2)c2ccc(Br)cc2n1. The third-order valence-corrected chi connectivity index (χ3v) is 6.54. The fraction of sp³-hybridized carbons (Fsp3) is 0.524. The first-order valence-electron chi connectivity index (χ1n) is 10.4. The van der Waals surface area contributed by atoms with Gasteiger partial charge in [-0.1, -0.05) is 15.9 Å². The van der Waals surface area contributed by atoms with Gasteiger partial charge < -0.3 is 24.5 Å². The van der Waals surface area contributed by atoms with Crippen molar-refractivity contribution in [2.75, 3.05) is 44.7 Å². The van der Waals surface area contributed by atoms with E-state index in [-0.39, 0.29) is 6.42 Å². The number of likely N-dealkylation sites (tertiary alicyclic amines) is 1. The van der Waals surface area contributed by atoms with Crippen molar-refractivity contribution in [3.8, 4) is 12.1 Å². The van der Waals surface area contributed by atoms with E-state index in [0.717, 1.165) is 34.8 Å². The van der Waals surface area contributed by atoms with Crippen LogP contribution in [0.3, 0.4) is 0 Å². The van der Waals surface area contributed by atoms with Crippen LogP contribution in [0.5, 0.6) is 6.01 Å². The van der Waals surface area contributed by atoms with E-state index in [0.29, 0.717) is 44.1 Å². The Labute approximate surface area is 189 Å². The average molecular weight is 489 g/mol. The van der Waals surface area contributed by atoms with Gasteiger partial charge in [0.25, 0.3) is 0 Å². The largest absolute Gasteiger partial charge is 0.465 e. The number of hydrogen-bond acceptors (Lipinski definition) is 7. The maximum Gasteiger partial charge on any atom is 0.407 e. The zero-order chi connectivity index (χ0) is 22.0. The van der Waals surface area contributed by atoms with Crippen molar-refractivity contribution in [1.82, 2.24) is 19.8 Å². The second-order valence-corrected chi connectivity index (χ2v) is 8.93. The summed E-state index contributed by atoms with van der Waals surface area (Å²) in [4.78, 5) is 26.6. The number of rotatable bonds is 5. The van der Waals surface area contributed by atoms with E-state index in [9.17, 15) is 15.2 Å². The van der Waals surface area contributed by atoms with Crippen molar-refractivity contribution in [2.45, 2.75) is 31.3 Å². The number of piperazine rings is 1. The van der Waals surface area contributed by atoms with Gasteiger partial charge in [0.05, 0.1) is 24.0 Å². The molecule has 31 heavy (non-hydrogen) atoms. The number of halogens is 1. The first-order valence-corrected chi connectivity index (χ1v) is 11.2. The molecule has 1 amide bonds. The van der Waals surface area contributed by atoms with Gasteiger partial charge in [-0.2, -0.15) is 15.2 Å². The van der Waals surface area contributed by atoms with E-state index in [4.69, 9.17) is 9.72 Å². The molecule has 0 spiro atoms. The van der Waals surface area contributed by atoms with Crippen molar-refractivity contribution in [3.05, 3.63) is 22.7 Å². The quantitative estimate of drug-likeness (QED) is 0.684. The lowest BCUT2D eigenvalue weighted by Gasteiger charge is -2.39. The maximum atomic E-state index is 11.6. The second-order valence-electron chi connectivity index (χ2n) is 8.02. The highest BCUT2D eigenvalue weighted by molar-refractivity contribution is 9.10. The zero-order valence-corrected chi connectivity index (χ0v) is 19.0. The smallest absolute Gasteiger partial charge is 0.407 e. The third kappa shape index (κ3) is 4.67. The van der Waals surface area contributed by atoms with Crippen LogP contribution < -0.4 is 9.64 Å². The summed E-state index contributed by atoms with van der Waals surface area (Å²) in [6, 6.07) is 8.18. The number of benzene rings is 1. The summed E-state index contributed by atoms with van der Waals surface area (Å²) < 4.78 is 6.92. The van der Waals surface area contributed by atoms with Crippen LogP contribution in [0, 0.1) is 11.3 Å². The van der Waals surface area contributed by atoms with Crippen molar-refractivity contribution in [2.24, 2.45) is 0 Å². The highest BCUT2D eigenvalue weighted by atomic mass is 79.9. The molecule has 2 aromatic rings. The predicted molar refractivity (Wildman–Crippen MR) is 119 cm³/mol. The minimum Gasteiger partial charge on any atom is -0.465 e. The summed E-state index contributed by atoms with van der Waals surface area (Å²) in [5.74, 6) is 0.709. The van der Waals surface area contributed by atoms with Crippen LogP contribution >= 0.6 is 15.9 Å². The van der Waals surface area contributed by atoms with Crippen LogP contribution in [0.15, 0.2) is 22.7 Å². The first-order chi connectivity index (χ1) is 15.0. The molecule has 10 heteroatoms. The van der Waals surface area contributed by atoms with Crippen LogP contribution in [0.1, 0.15) is 19.3 Å². The molecular formula is C21H25BrN6O3. The van der Waals surface area contributed by atoms with Gasteiger partial charge in [0, 0.05) is 35.5 Å². The normalized spacial score (nSPS) is 22.0. The molecule has 0 bridgehead atoms. The minimum absolute atomic E-state index is 0.134. The Balaban J connectivity index is 1.64. The molecule has 1 N–H and O–H groups in total. The van der Waals surface area contributed by atoms with Gasteiger partial charge in [0.2, 0.25) is 0 Å². The van der Waals surface area contributed by atoms with Gasteiger partial charge in [-0.3, -0.25) is 0 Å². The summed E-state index contributed by atoms with van der Waals surface area (Å²) in [5, 5.41) is 19.5. The summed E-state index contributed by atoms with van der Waals surface area (Å²) in [5.41, 5.74) is 0.756. The Morgan fingerprint density at radius 2 is 2.16 bits per heavy atom. The molecule has 2 aliphatic heterocycles. The molecule has 3 heterocycles. The Bertz CT molecular complexity index is 1010. The lowest BCUT2D eigenvalue weighted by atomic mass is 10.1. The predicted octanol–water partition coefficient (Wildman–Crippen LogP) is 2.95. The van der Waals surface area contributed by atoms with Crippen LogP contribution in [0.4, 0.5) is 10.6 Å². The topological polar surface area (TPSA) is 106 Å². The minimum atomic E-state index is -0.999.